The molecule has 3 aromatic carbocycles. The lowest BCUT2D eigenvalue weighted by Gasteiger charge is -2.19. The summed E-state index contributed by atoms with van der Waals surface area (Å²) in [5, 5.41) is 7.95. The summed E-state index contributed by atoms with van der Waals surface area (Å²) in [6.07, 6.45) is 3.91. The number of hydrogen-bond donors (Lipinski definition) is 1. The standard InChI is InChI=1S/C22H18BrN3/c23-19-11-12-22-21(13-19)18(14-24-22)15-25-26(20-9-5-2-6-10-20)16-17-7-3-1-4-8-17/h1-15,24H,16H2/b25-15+. The highest BCUT2D eigenvalue weighted by Gasteiger charge is 2.07. The van der Waals surface area contributed by atoms with Gasteiger partial charge in [0.05, 0.1) is 18.4 Å². The first-order valence-corrected chi connectivity index (χ1v) is 9.26. The molecule has 128 valence electrons. The fourth-order valence-electron chi connectivity index (χ4n) is 2.91. The number of anilines is 1. The van der Waals surface area contributed by atoms with Crippen LogP contribution in [-0.4, -0.2) is 11.2 Å². The van der Waals surface area contributed by atoms with Gasteiger partial charge < -0.3 is 4.98 Å². The maximum absolute atomic E-state index is 4.78. The van der Waals surface area contributed by atoms with Crippen molar-refractivity contribution in [3.05, 3.63) is 101 Å². The second-order valence-electron chi connectivity index (χ2n) is 6.06. The van der Waals surface area contributed by atoms with Gasteiger partial charge in [-0.25, -0.2) is 0 Å². The topological polar surface area (TPSA) is 31.4 Å². The molecule has 3 nitrogen and oxygen atoms in total. The van der Waals surface area contributed by atoms with Crippen molar-refractivity contribution in [1.29, 1.82) is 0 Å². The van der Waals surface area contributed by atoms with Crippen LogP contribution < -0.4 is 5.01 Å². The van der Waals surface area contributed by atoms with Crippen molar-refractivity contribution < 1.29 is 0 Å². The molecular weight excluding hydrogens is 386 g/mol. The van der Waals surface area contributed by atoms with Gasteiger partial charge in [0.25, 0.3) is 0 Å². The Morgan fingerprint density at radius 1 is 0.923 bits per heavy atom. The van der Waals surface area contributed by atoms with E-state index < -0.39 is 0 Å². The van der Waals surface area contributed by atoms with E-state index in [9.17, 15) is 0 Å². The van der Waals surface area contributed by atoms with Crippen LogP contribution in [-0.2, 0) is 6.54 Å². The van der Waals surface area contributed by atoms with Crippen molar-refractivity contribution in [2.45, 2.75) is 6.54 Å². The predicted octanol–water partition coefficient (Wildman–Crippen LogP) is 5.97. The van der Waals surface area contributed by atoms with Crippen molar-refractivity contribution in [2.75, 3.05) is 5.01 Å². The molecule has 0 bridgehead atoms. The molecule has 26 heavy (non-hydrogen) atoms. The molecule has 1 aromatic heterocycles. The SMILES string of the molecule is Brc1ccc2[nH]cc(/C=N/N(Cc3ccccc3)c3ccccc3)c2c1. The van der Waals surface area contributed by atoms with Gasteiger partial charge in [0.1, 0.15) is 0 Å². The van der Waals surface area contributed by atoms with Crippen LogP contribution in [0, 0.1) is 0 Å². The first kappa shape index (κ1) is 16.6. The van der Waals surface area contributed by atoms with Gasteiger partial charge in [-0.15, -0.1) is 0 Å². The molecule has 0 aliphatic heterocycles. The lowest BCUT2D eigenvalue weighted by molar-refractivity contribution is 0.859. The number of nitrogens with one attached hydrogen (secondary N) is 1. The molecule has 0 aliphatic carbocycles. The number of H-pyrrole nitrogens is 1. The number of rotatable bonds is 5. The molecule has 4 rings (SSSR count). The minimum Gasteiger partial charge on any atom is -0.361 e. The van der Waals surface area contributed by atoms with E-state index in [1.165, 1.54) is 5.56 Å². The summed E-state index contributed by atoms with van der Waals surface area (Å²) in [6.45, 7) is 0.716. The molecule has 0 unspecified atom stereocenters. The normalized spacial score (nSPS) is 11.3. The third kappa shape index (κ3) is 3.70. The van der Waals surface area contributed by atoms with Crippen LogP contribution in [0.3, 0.4) is 0 Å². The fourth-order valence-corrected chi connectivity index (χ4v) is 3.27. The number of aromatic nitrogens is 1. The molecule has 0 fully saturated rings. The number of benzene rings is 3. The summed E-state index contributed by atoms with van der Waals surface area (Å²) < 4.78 is 1.06. The van der Waals surface area contributed by atoms with Gasteiger partial charge >= 0.3 is 0 Å². The number of hydrazone groups is 1. The quantitative estimate of drug-likeness (QED) is 0.322. The summed E-state index contributed by atoms with van der Waals surface area (Å²) in [6, 6.07) is 26.8. The van der Waals surface area contributed by atoms with E-state index in [0.717, 1.165) is 26.6 Å². The fraction of sp³-hybridized carbons (Fsp3) is 0.0455. The average molecular weight is 404 g/mol. The third-order valence-corrected chi connectivity index (χ3v) is 4.73. The van der Waals surface area contributed by atoms with E-state index in [0.29, 0.717) is 6.54 Å². The van der Waals surface area contributed by atoms with Crippen molar-refractivity contribution in [3.63, 3.8) is 0 Å². The zero-order valence-corrected chi connectivity index (χ0v) is 15.7. The maximum atomic E-state index is 4.78. The van der Waals surface area contributed by atoms with Crippen molar-refractivity contribution in [3.8, 4) is 0 Å². The lowest BCUT2D eigenvalue weighted by Crippen LogP contribution is -2.15. The third-order valence-electron chi connectivity index (χ3n) is 4.24. The monoisotopic (exact) mass is 403 g/mol. The molecule has 4 heteroatoms. The Balaban J connectivity index is 1.67. The molecule has 0 spiro atoms. The minimum absolute atomic E-state index is 0.716. The molecule has 0 aliphatic rings. The van der Waals surface area contributed by atoms with Crippen LogP contribution in [0.2, 0.25) is 0 Å². The molecular formula is C22H18BrN3. The first-order valence-electron chi connectivity index (χ1n) is 8.47. The van der Waals surface area contributed by atoms with Gasteiger partial charge in [0.2, 0.25) is 0 Å². The molecule has 0 saturated heterocycles. The van der Waals surface area contributed by atoms with Crippen LogP contribution in [0.15, 0.2) is 94.6 Å². The van der Waals surface area contributed by atoms with Crippen molar-refractivity contribution in [2.24, 2.45) is 5.10 Å². The number of halogens is 1. The van der Waals surface area contributed by atoms with Gasteiger partial charge in [0, 0.05) is 27.1 Å². The van der Waals surface area contributed by atoms with E-state index in [2.05, 4.69) is 69.4 Å². The minimum atomic E-state index is 0.716. The maximum Gasteiger partial charge on any atom is 0.0666 e. The Kier molecular flexibility index (Phi) is 4.84. The number of para-hydroxylation sites is 1. The molecule has 0 radical (unpaired) electrons. The molecule has 0 atom stereocenters. The van der Waals surface area contributed by atoms with E-state index in [4.69, 9.17) is 5.10 Å². The highest BCUT2D eigenvalue weighted by molar-refractivity contribution is 9.10. The Morgan fingerprint density at radius 3 is 2.42 bits per heavy atom. The Morgan fingerprint density at radius 2 is 1.65 bits per heavy atom. The van der Waals surface area contributed by atoms with Crippen LogP contribution in [0.5, 0.6) is 0 Å². The second kappa shape index (κ2) is 7.58. The Hall–Kier alpha value is -2.85. The Bertz CT molecular complexity index is 1020. The van der Waals surface area contributed by atoms with Gasteiger partial charge in [-0.05, 0) is 35.9 Å². The Labute approximate surface area is 161 Å². The highest BCUT2D eigenvalue weighted by Crippen LogP contribution is 2.22. The van der Waals surface area contributed by atoms with E-state index in [-0.39, 0.29) is 0 Å². The first-order chi connectivity index (χ1) is 12.8. The number of hydrogen-bond acceptors (Lipinski definition) is 2. The molecule has 0 saturated carbocycles. The zero-order valence-electron chi connectivity index (χ0n) is 14.1. The summed E-state index contributed by atoms with van der Waals surface area (Å²) >= 11 is 3.54. The molecule has 0 amide bonds. The zero-order chi connectivity index (χ0) is 17.8. The summed E-state index contributed by atoms with van der Waals surface area (Å²) in [5.74, 6) is 0. The predicted molar refractivity (Wildman–Crippen MR) is 113 cm³/mol. The van der Waals surface area contributed by atoms with Gasteiger partial charge in [-0.1, -0.05) is 64.5 Å². The largest absolute Gasteiger partial charge is 0.361 e. The van der Waals surface area contributed by atoms with Crippen LogP contribution >= 0.6 is 15.9 Å². The summed E-state index contributed by atoms with van der Waals surface area (Å²) in [7, 11) is 0. The van der Waals surface area contributed by atoms with Gasteiger partial charge in [0.15, 0.2) is 0 Å². The summed E-state index contributed by atoms with van der Waals surface area (Å²) in [5.41, 5.74) is 4.45. The number of nitrogens with zero attached hydrogens (tertiary/aromatic N) is 2. The molecule has 4 aromatic rings. The van der Waals surface area contributed by atoms with Crippen LogP contribution in [0.4, 0.5) is 5.69 Å². The van der Waals surface area contributed by atoms with E-state index in [1.807, 2.05) is 47.8 Å². The molecule has 1 heterocycles. The smallest absolute Gasteiger partial charge is 0.0666 e. The van der Waals surface area contributed by atoms with Gasteiger partial charge in [-0.2, -0.15) is 5.10 Å². The molecule has 1 N–H and O–H groups in total. The average Bonchev–Trinajstić information content (AvgIpc) is 3.09. The lowest BCUT2D eigenvalue weighted by atomic mass is 10.2. The number of aromatic amines is 1. The van der Waals surface area contributed by atoms with Crippen LogP contribution in [0.25, 0.3) is 10.9 Å². The summed E-state index contributed by atoms with van der Waals surface area (Å²) in [4.78, 5) is 3.30. The van der Waals surface area contributed by atoms with E-state index in [1.54, 1.807) is 0 Å². The van der Waals surface area contributed by atoms with Crippen molar-refractivity contribution >= 4 is 38.7 Å². The van der Waals surface area contributed by atoms with E-state index >= 15 is 0 Å². The number of fused-ring (bicyclic) bond motifs is 1. The highest BCUT2D eigenvalue weighted by atomic mass is 79.9. The van der Waals surface area contributed by atoms with Crippen LogP contribution in [0.1, 0.15) is 11.1 Å². The second-order valence-corrected chi connectivity index (χ2v) is 6.97. The van der Waals surface area contributed by atoms with Gasteiger partial charge in [-0.3, -0.25) is 5.01 Å². The van der Waals surface area contributed by atoms with Crippen molar-refractivity contribution in [1.82, 2.24) is 4.98 Å².